The number of thiophene rings is 1. The van der Waals surface area contributed by atoms with Crippen molar-refractivity contribution in [3.8, 4) is 0 Å². The summed E-state index contributed by atoms with van der Waals surface area (Å²) in [6.45, 7) is 0.724. The Labute approximate surface area is 133 Å². The number of carbonyl (C=O) groups excluding carboxylic acids is 1. The minimum Gasteiger partial charge on any atom is -0.396 e. The quantitative estimate of drug-likeness (QED) is 0.816. The van der Waals surface area contributed by atoms with E-state index < -0.39 is 0 Å². The van der Waals surface area contributed by atoms with E-state index in [0.29, 0.717) is 22.2 Å². The molecule has 0 saturated carbocycles. The van der Waals surface area contributed by atoms with Gasteiger partial charge in [0.15, 0.2) is 0 Å². The number of hydrogen-bond donors (Lipinski definition) is 2. The van der Waals surface area contributed by atoms with E-state index >= 15 is 0 Å². The second-order valence-corrected chi connectivity index (χ2v) is 6.48. The molecular formula is C16H18ClNO2S. The first-order chi connectivity index (χ1) is 10.2. The molecular weight excluding hydrogens is 306 g/mol. The molecule has 1 aromatic heterocycles. The van der Waals surface area contributed by atoms with Crippen molar-refractivity contribution in [2.24, 2.45) is 0 Å². The van der Waals surface area contributed by atoms with Gasteiger partial charge in [0.05, 0.1) is 9.21 Å². The predicted octanol–water partition coefficient (Wildman–Crippen LogP) is 3.69. The van der Waals surface area contributed by atoms with Gasteiger partial charge in [-0.1, -0.05) is 41.9 Å². The van der Waals surface area contributed by atoms with Gasteiger partial charge < -0.3 is 10.4 Å². The van der Waals surface area contributed by atoms with E-state index in [0.717, 1.165) is 6.42 Å². The zero-order chi connectivity index (χ0) is 15.1. The largest absolute Gasteiger partial charge is 0.396 e. The molecule has 2 rings (SSSR count). The minimum atomic E-state index is -0.0947. The van der Waals surface area contributed by atoms with Crippen molar-refractivity contribution in [1.29, 1.82) is 0 Å². The Morgan fingerprint density at radius 1 is 1.19 bits per heavy atom. The van der Waals surface area contributed by atoms with E-state index in [4.69, 9.17) is 11.6 Å². The molecule has 1 amide bonds. The zero-order valence-corrected chi connectivity index (χ0v) is 13.2. The van der Waals surface area contributed by atoms with E-state index in [1.165, 1.54) is 16.9 Å². The number of aliphatic hydroxyl groups excluding tert-OH is 1. The minimum absolute atomic E-state index is 0.0947. The van der Waals surface area contributed by atoms with E-state index in [-0.39, 0.29) is 18.4 Å². The Balaban J connectivity index is 1.86. The van der Waals surface area contributed by atoms with Crippen LogP contribution in [0, 0.1) is 0 Å². The second-order valence-electron chi connectivity index (χ2n) is 4.77. The lowest BCUT2D eigenvalue weighted by atomic mass is 9.93. The van der Waals surface area contributed by atoms with Crippen LogP contribution in [0.3, 0.4) is 0 Å². The van der Waals surface area contributed by atoms with Gasteiger partial charge in [-0.3, -0.25) is 4.79 Å². The summed E-state index contributed by atoms with van der Waals surface area (Å²) in [5, 5.41) is 12.1. The maximum absolute atomic E-state index is 11.9. The van der Waals surface area contributed by atoms with E-state index in [1.54, 1.807) is 12.1 Å². The number of hydrogen-bond acceptors (Lipinski definition) is 3. The summed E-state index contributed by atoms with van der Waals surface area (Å²) in [4.78, 5) is 12.5. The van der Waals surface area contributed by atoms with Gasteiger partial charge in [0, 0.05) is 13.2 Å². The smallest absolute Gasteiger partial charge is 0.261 e. The van der Waals surface area contributed by atoms with E-state index in [2.05, 4.69) is 17.4 Å². The molecule has 0 aliphatic carbocycles. The predicted molar refractivity (Wildman–Crippen MR) is 87.2 cm³/mol. The van der Waals surface area contributed by atoms with Crippen molar-refractivity contribution in [2.75, 3.05) is 13.2 Å². The molecule has 0 bridgehead atoms. The van der Waals surface area contributed by atoms with Crippen LogP contribution in [0.1, 0.15) is 34.0 Å². The summed E-state index contributed by atoms with van der Waals surface area (Å²) in [7, 11) is 0. The lowest BCUT2D eigenvalue weighted by Gasteiger charge is -2.16. The van der Waals surface area contributed by atoms with Gasteiger partial charge in [-0.2, -0.15) is 0 Å². The number of aliphatic hydroxyl groups is 1. The Morgan fingerprint density at radius 2 is 1.95 bits per heavy atom. The Morgan fingerprint density at radius 3 is 2.57 bits per heavy atom. The van der Waals surface area contributed by atoms with Crippen LogP contribution in [-0.4, -0.2) is 24.2 Å². The highest BCUT2D eigenvalue weighted by Crippen LogP contribution is 2.23. The highest BCUT2D eigenvalue weighted by molar-refractivity contribution is 7.17. The van der Waals surface area contributed by atoms with Gasteiger partial charge in [-0.25, -0.2) is 0 Å². The SMILES string of the molecule is O=C(NCCC(CCO)c1ccccc1)c1ccc(Cl)s1. The van der Waals surface area contributed by atoms with Crippen LogP contribution in [0.25, 0.3) is 0 Å². The number of rotatable bonds is 7. The third kappa shape index (κ3) is 4.84. The summed E-state index contributed by atoms with van der Waals surface area (Å²) >= 11 is 7.10. The summed E-state index contributed by atoms with van der Waals surface area (Å²) in [5.74, 6) is 0.158. The van der Waals surface area contributed by atoms with Crippen LogP contribution in [0.15, 0.2) is 42.5 Å². The number of nitrogens with one attached hydrogen (secondary N) is 1. The number of amides is 1. The van der Waals surface area contributed by atoms with Crippen LogP contribution < -0.4 is 5.32 Å². The molecule has 21 heavy (non-hydrogen) atoms. The molecule has 1 unspecified atom stereocenters. The van der Waals surface area contributed by atoms with Crippen molar-refractivity contribution in [3.63, 3.8) is 0 Å². The van der Waals surface area contributed by atoms with Gasteiger partial charge in [-0.05, 0) is 36.5 Å². The van der Waals surface area contributed by atoms with Crippen molar-refractivity contribution in [3.05, 3.63) is 57.2 Å². The lowest BCUT2D eigenvalue weighted by molar-refractivity contribution is 0.0956. The first-order valence-corrected chi connectivity index (χ1v) is 8.09. The molecule has 5 heteroatoms. The molecule has 0 spiro atoms. The molecule has 0 radical (unpaired) electrons. The van der Waals surface area contributed by atoms with Crippen LogP contribution in [0.2, 0.25) is 4.34 Å². The Kier molecular flexibility index (Phi) is 6.23. The molecule has 3 nitrogen and oxygen atoms in total. The van der Waals surface area contributed by atoms with Gasteiger partial charge >= 0.3 is 0 Å². The summed E-state index contributed by atoms with van der Waals surface area (Å²) in [6.07, 6.45) is 1.50. The first-order valence-electron chi connectivity index (χ1n) is 6.90. The standard InChI is InChI=1S/C16H18ClNO2S/c17-15-7-6-14(21-15)16(20)18-10-8-13(9-11-19)12-4-2-1-3-5-12/h1-7,13,19H,8-11H2,(H,18,20). The molecule has 2 aromatic rings. The monoisotopic (exact) mass is 323 g/mol. The molecule has 0 aliphatic rings. The fourth-order valence-electron chi connectivity index (χ4n) is 2.24. The molecule has 1 aromatic carbocycles. The third-order valence-corrected chi connectivity index (χ3v) is 4.55. The van der Waals surface area contributed by atoms with Crippen LogP contribution in [0.4, 0.5) is 0 Å². The van der Waals surface area contributed by atoms with Crippen molar-refractivity contribution < 1.29 is 9.90 Å². The molecule has 0 saturated heterocycles. The van der Waals surface area contributed by atoms with Crippen molar-refractivity contribution in [2.45, 2.75) is 18.8 Å². The van der Waals surface area contributed by atoms with Gasteiger partial charge in [0.25, 0.3) is 5.91 Å². The zero-order valence-electron chi connectivity index (χ0n) is 11.6. The number of carbonyl (C=O) groups is 1. The first kappa shape index (κ1) is 16.0. The fraction of sp³-hybridized carbons (Fsp3) is 0.312. The average molecular weight is 324 g/mol. The highest BCUT2D eigenvalue weighted by atomic mass is 35.5. The van der Waals surface area contributed by atoms with Crippen molar-refractivity contribution >= 4 is 28.8 Å². The summed E-state index contributed by atoms with van der Waals surface area (Å²) in [5.41, 5.74) is 1.19. The molecule has 2 N–H and O–H groups in total. The third-order valence-electron chi connectivity index (χ3n) is 3.32. The number of halogens is 1. The Bertz CT molecular complexity index is 571. The summed E-state index contributed by atoms with van der Waals surface area (Å²) in [6, 6.07) is 13.5. The van der Waals surface area contributed by atoms with E-state index in [9.17, 15) is 9.90 Å². The highest BCUT2D eigenvalue weighted by Gasteiger charge is 2.12. The molecule has 1 heterocycles. The lowest BCUT2D eigenvalue weighted by Crippen LogP contribution is -2.25. The molecule has 112 valence electrons. The fourth-order valence-corrected chi connectivity index (χ4v) is 3.20. The average Bonchev–Trinajstić information content (AvgIpc) is 2.94. The van der Waals surface area contributed by atoms with Crippen LogP contribution in [-0.2, 0) is 0 Å². The van der Waals surface area contributed by atoms with Crippen LogP contribution >= 0.6 is 22.9 Å². The molecule has 0 aliphatic heterocycles. The maximum Gasteiger partial charge on any atom is 0.261 e. The van der Waals surface area contributed by atoms with Crippen molar-refractivity contribution in [1.82, 2.24) is 5.32 Å². The van der Waals surface area contributed by atoms with E-state index in [1.807, 2.05) is 18.2 Å². The topological polar surface area (TPSA) is 49.3 Å². The van der Waals surface area contributed by atoms with Gasteiger partial charge in [0.1, 0.15) is 0 Å². The molecule has 1 atom stereocenters. The second kappa shape index (κ2) is 8.17. The summed E-state index contributed by atoms with van der Waals surface area (Å²) < 4.78 is 0.614. The van der Waals surface area contributed by atoms with Crippen LogP contribution in [0.5, 0.6) is 0 Å². The maximum atomic E-state index is 11.9. The molecule has 0 fully saturated rings. The van der Waals surface area contributed by atoms with Gasteiger partial charge in [-0.15, -0.1) is 11.3 Å². The number of benzene rings is 1. The Hall–Kier alpha value is -1.36. The normalized spacial score (nSPS) is 12.1. The van der Waals surface area contributed by atoms with Gasteiger partial charge in [0.2, 0.25) is 0 Å².